The molecule has 9 aromatic rings. The van der Waals surface area contributed by atoms with Crippen LogP contribution in [0, 0.1) is 0 Å². The van der Waals surface area contributed by atoms with E-state index in [0.717, 1.165) is 38.3 Å². The van der Waals surface area contributed by atoms with Crippen LogP contribution in [-0.4, -0.2) is 73.8 Å². The highest BCUT2D eigenvalue weighted by Gasteiger charge is 2.45. The van der Waals surface area contributed by atoms with Gasteiger partial charge in [0, 0.05) is 23.2 Å². The minimum Gasteiger partial charge on any atom is -0.487 e. The third kappa shape index (κ3) is 9.94. The summed E-state index contributed by atoms with van der Waals surface area (Å²) in [5.74, 6) is 0.0563. The Morgan fingerprint density at radius 1 is 0.667 bits per heavy atom. The summed E-state index contributed by atoms with van der Waals surface area (Å²) in [5.41, 5.74) is 2.44. The number of imidazole rings is 1. The van der Waals surface area contributed by atoms with Gasteiger partial charge in [-0.25, -0.2) is 37.1 Å². The molecular weight excluding hydrogens is 972 g/mol. The highest BCUT2D eigenvalue weighted by atomic mass is 32.2. The Kier molecular flexibility index (Phi) is 12.7. The first-order valence-corrected chi connectivity index (χ1v) is 27.3. The van der Waals surface area contributed by atoms with Gasteiger partial charge in [0.2, 0.25) is 0 Å². The predicted octanol–water partition coefficient (Wildman–Crippen LogP) is 9.77. The normalized spacial score (nSPS) is 19.1. The molecular formula is C46H40N5O14P3S. The molecule has 4 unspecified atom stereocenters. The van der Waals surface area contributed by atoms with Crippen molar-refractivity contribution in [2.75, 3.05) is 23.9 Å². The topological polar surface area (TPSA) is 248 Å². The fraction of sp³-hybridized carbons (Fsp3) is 0.152. The summed E-state index contributed by atoms with van der Waals surface area (Å²) in [4.78, 5) is 47.0. The summed E-state index contributed by atoms with van der Waals surface area (Å²) in [6.07, 6.45) is 0.200. The van der Waals surface area contributed by atoms with Gasteiger partial charge < -0.3 is 24.2 Å². The average molecular weight is 1010 g/mol. The van der Waals surface area contributed by atoms with Gasteiger partial charge in [-0.3, -0.25) is 18.5 Å². The van der Waals surface area contributed by atoms with Gasteiger partial charge in [0.25, 0.3) is 0 Å². The van der Waals surface area contributed by atoms with Gasteiger partial charge >= 0.3 is 23.5 Å². The van der Waals surface area contributed by atoms with Crippen molar-refractivity contribution in [3.05, 3.63) is 158 Å². The molecule has 0 bridgehead atoms. The second-order valence-corrected chi connectivity index (χ2v) is 22.5. The number of aromatic nitrogens is 4. The van der Waals surface area contributed by atoms with Crippen LogP contribution in [0.15, 0.2) is 163 Å². The van der Waals surface area contributed by atoms with Crippen LogP contribution in [0.3, 0.4) is 0 Å². The van der Waals surface area contributed by atoms with E-state index in [9.17, 15) is 36.8 Å². The maximum Gasteiger partial charge on any atom is 0.490 e. The van der Waals surface area contributed by atoms with Gasteiger partial charge in [-0.1, -0.05) is 103 Å². The highest BCUT2D eigenvalue weighted by Crippen LogP contribution is 2.67. The number of hydrogen-bond donors (Lipinski definition) is 3. The molecule has 1 saturated heterocycles. The molecule has 0 saturated carbocycles. The molecule has 3 N–H and O–H groups in total. The molecule has 0 amide bonds. The van der Waals surface area contributed by atoms with E-state index >= 15 is 0 Å². The Hall–Kier alpha value is -5.95. The SMILES string of the molecule is O=P(O)(OCCS(=O)(=O)c1ccc2ccc3cccc4ccc1c2c34)OP(=O)(O)OP(=O)(O)OC[C@H]1O[C@@H](n2cnc3c(N(c4ccccc4)c4ccccc4)ncnc32)CC1Oc1ccccc1. The molecule has 0 spiro atoms. The summed E-state index contributed by atoms with van der Waals surface area (Å²) >= 11 is 0. The van der Waals surface area contributed by atoms with Crippen LogP contribution in [-0.2, 0) is 45.9 Å². The van der Waals surface area contributed by atoms with Crippen molar-refractivity contribution >= 4 is 94.0 Å². The summed E-state index contributed by atoms with van der Waals surface area (Å²) in [6.45, 7) is -1.75. The molecule has 19 nitrogen and oxygen atoms in total. The molecule has 23 heteroatoms. The lowest BCUT2D eigenvalue weighted by molar-refractivity contribution is -0.0385. The number of anilines is 3. The molecule has 0 aliphatic carbocycles. The molecule has 1 fully saturated rings. The van der Waals surface area contributed by atoms with Crippen molar-refractivity contribution < 1.29 is 63.9 Å². The Labute approximate surface area is 393 Å². The molecule has 1 aliphatic heterocycles. The minimum absolute atomic E-state index is 0.0652. The maximum absolute atomic E-state index is 13.6. The van der Waals surface area contributed by atoms with Gasteiger partial charge in [-0.15, -0.1) is 0 Å². The zero-order chi connectivity index (χ0) is 48.0. The maximum atomic E-state index is 13.6. The number of sulfone groups is 1. The highest BCUT2D eigenvalue weighted by molar-refractivity contribution is 7.91. The van der Waals surface area contributed by atoms with E-state index in [1.54, 1.807) is 53.1 Å². The molecule has 2 aromatic heterocycles. The molecule has 7 aromatic carbocycles. The van der Waals surface area contributed by atoms with Gasteiger partial charge in [0.1, 0.15) is 30.5 Å². The summed E-state index contributed by atoms with van der Waals surface area (Å²) in [6, 6.07) is 43.9. The molecule has 0 radical (unpaired) electrons. The second kappa shape index (κ2) is 18.8. The summed E-state index contributed by atoms with van der Waals surface area (Å²) in [5, 5.41) is 4.67. The van der Waals surface area contributed by atoms with E-state index in [1.165, 1.54) is 18.7 Å². The van der Waals surface area contributed by atoms with Crippen LogP contribution in [0.5, 0.6) is 5.75 Å². The van der Waals surface area contributed by atoms with E-state index in [-0.39, 0.29) is 11.3 Å². The smallest absolute Gasteiger partial charge is 0.487 e. The average Bonchev–Trinajstić information content (AvgIpc) is 3.95. The molecule has 354 valence electrons. The van der Waals surface area contributed by atoms with Crippen LogP contribution >= 0.6 is 23.5 Å². The number of benzene rings is 7. The lowest BCUT2D eigenvalue weighted by atomic mass is 9.94. The van der Waals surface area contributed by atoms with E-state index < -0.39 is 70.7 Å². The van der Waals surface area contributed by atoms with Crippen molar-refractivity contribution in [3.8, 4) is 5.75 Å². The van der Waals surface area contributed by atoms with Gasteiger partial charge in [-0.05, 0) is 69.4 Å². The van der Waals surface area contributed by atoms with E-state index in [0.29, 0.717) is 28.1 Å². The van der Waals surface area contributed by atoms with Crippen LogP contribution < -0.4 is 9.64 Å². The number of ether oxygens (including phenoxy) is 2. The molecule has 3 heterocycles. The molecule has 10 rings (SSSR count). The lowest BCUT2D eigenvalue weighted by Crippen LogP contribution is -2.31. The number of para-hydroxylation sites is 3. The standard InChI is InChI=1S/C46H40N5O14P3S/c52-66(53,60-25-26-69(58,59)40-24-22-33-20-19-31-11-10-12-32-21-23-37(40)43(33)42(31)32)64-68(56,57)65-67(54,55)61-28-39-38(62-36-17-8-3-9-18-36)27-41(63-39)50-30-49-44-45(50)47-29-48-46(44)51(34-13-4-1-5-14-34)35-15-6-2-7-16-35/h1-24,29-30,38-39,41H,25-28H2,(H,52,53)(H,54,55)(H,56,57)/t38?,39-,41-/m1/s1. The Morgan fingerprint density at radius 2 is 1.26 bits per heavy atom. The number of nitrogens with zero attached hydrogens (tertiary/aromatic N) is 5. The number of fused-ring (bicyclic) bond motifs is 1. The first-order chi connectivity index (χ1) is 33.1. The summed E-state index contributed by atoms with van der Waals surface area (Å²) < 4.78 is 98.8. The fourth-order valence-corrected chi connectivity index (χ4v) is 13.4. The first kappa shape index (κ1) is 46.8. The third-order valence-electron chi connectivity index (χ3n) is 11.3. The molecule has 69 heavy (non-hydrogen) atoms. The molecule has 1 aliphatic rings. The van der Waals surface area contributed by atoms with Crippen molar-refractivity contribution in [2.24, 2.45) is 0 Å². The number of phosphoric ester groups is 2. The Bertz CT molecular complexity index is 3520. The number of rotatable bonds is 18. The Morgan fingerprint density at radius 3 is 1.93 bits per heavy atom. The zero-order valence-corrected chi connectivity index (χ0v) is 39.4. The fourth-order valence-electron chi connectivity index (χ4n) is 8.42. The van der Waals surface area contributed by atoms with Crippen LogP contribution in [0.25, 0.3) is 43.5 Å². The quantitative estimate of drug-likeness (QED) is 0.0534. The van der Waals surface area contributed by atoms with Crippen molar-refractivity contribution in [1.29, 1.82) is 0 Å². The lowest BCUT2D eigenvalue weighted by Gasteiger charge is -2.24. The number of phosphoric acid groups is 3. The van der Waals surface area contributed by atoms with Crippen molar-refractivity contribution in [1.82, 2.24) is 19.5 Å². The monoisotopic (exact) mass is 1010 g/mol. The largest absolute Gasteiger partial charge is 0.490 e. The van der Waals surface area contributed by atoms with E-state index in [4.69, 9.17) is 18.5 Å². The van der Waals surface area contributed by atoms with Gasteiger partial charge in [0.05, 0.1) is 30.2 Å². The summed E-state index contributed by atoms with van der Waals surface area (Å²) in [7, 11) is -21.3. The Balaban J connectivity index is 0.812. The van der Waals surface area contributed by atoms with E-state index in [1.807, 2.05) is 95.9 Å². The van der Waals surface area contributed by atoms with Gasteiger partial charge in [-0.2, -0.15) is 8.62 Å². The second-order valence-electron chi connectivity index (χ2n) is 15.8. The van der Waals surface area contributed by atoms with E-state index in [2.05, 4.69) is 23.6 Å². The molecule has 6 atom stereocenters. The van der Waals surface area contributed by atoms with Crippen molar-refractivity contribution in [3.63, 3.8) is 0 Å². The van der Waals surface area contributed by atoms with Crippen LogP contribution in [0.2, 0.25) is 0 Å². The van der Waals surface area contributed by atoms with Gasteiger partial charge in [0.15, 0.2) is 26.8 Å². The van der Waals surface area contributed by atoms with Crippen LogP contribution in [0.4, 0.5) is 17.2 Å². The van der Waals surface area contributed by atoms with Crippen molar-refractivity contribution in [2.45, 2.75) is 29.8 Å². The van der Waals surface area contributed by atoms with Crippen LogP contribution in [0.1, 0.15) is 12.6 Å². The zero-order valence-electron chi connectivity index (χ0n) is 35.9. The first-order valence-electron chi connectivity index (χ1n) is 21.2. The third-order valence-corrected chi connectivity index (χ3v) is 17.4. The predicted molar refractivity (Wildman–Crippen MR) is 255 cm³/mol. The minimum atomic E-state index is -5.94. The number of hydrogen-bond acceptors (Lipinski definition) is 15.